The first-order chi connectivity index (χ1) is 13.6. The Kier molecular flexibility index (Phi) is 8.23. The second-order valence-electron chi connectivity index (χ2n) is 5.49. The van der Waals surface area contributed by atoms with E-state index in [1.807, 2.05) is 13.8 Å². The maximum Gasteiger partial charge on any atom is 0.343 e. The van der Waals surface area contributed by atoms with Gasteiger partial charge in [0.2, 0.25) is 0 Å². The fourth-order valence-corrected chi connectivity index (χ4v) is 2.41. The Morgan fingerprint density at radius 2 is 1.89 bits per heavy atom. The summed E-state index contributed by atoms with van der Waals surface area (Å²) in [5.74, 6) is 0.957. The predicted octanol–water partition coefficient (Wildman–Crippen LogP) is 3.13. The first-order valence-corrected chi connectivity index (χ1v) is 9.18. The van der Waals surface area contributed by atoms with Crippen molar-refractivity contribution in [3.63, 3.8) is 0 Å². The average molecular weight is 401 g/mol. The van der Waals surface area contributed by atoms with Crippen molar-refractivity contribution in [2.75, 3.05) is 20.3 Å². The number of nitrogens with zero attached hydrogens (tertiary/aromatic N) is 1. The summed E-state index contributed by atoms with van der Waals surface area (Å²) in [5.41, 5.74) is 3.89. The maximum atomic E-state index is 12.4. The number of methoxy groups -OCH3 is 1. The highest BCUT2D eigenvalue weighted by Crippen LogP contribution is 2.29. The average Bonchev–Trinajstić information content (AvgIpc) is 2.70. The van der Waals surface area contributed by atoms with Gasteiger partial charge in [0.1, 0.15) is 5.75 Å². The van der Waals surface area contributed by atoms with Crippen molar-refractivity contribution in [2.24, 2.45) is 5.10 Å². The third-order valence-corrected chi connectivity index (χ3v) is 3.75. The molecule has 0 saturated heterocycles. The molecule has 0 aliphatic carbocycles. The van der Waals surface area contributed by atoms with E-state index in [0.29, 0.717) is 41.1 Å². The Hall–Kier alpha value is -3.13. The largest absolute Gasteiger partial charge is 0.497 e. The van der Waals surface area contributed by atoms with Gasteiger partial charge in [0.15, 0.2) is 16.6 Å². The van der Waals surface area contributed by atoms with Gasteiger partial charge in [0.05, 0.1) is 25.5 Å². The van der Waals surface area contributed by atoms with Gasteiger partial charge in [-0.1, -0.05) is 0 Å². The van der Waals surface area contributed by atoms with Crippen LogP contribution in [0.5, 0.6) is 17.2 Å². The van der Waals surface area contributed by atoms with Crippen LogP contribution >= 0.6 is 12.2 Å². The molecule has 0 spiro atoms. The number of ether oxygens (including phenoxy) is 3. The van der Waals surface area contributed by atoms with Crippen molar-refractivity contribution in [3.8, 4) is 17.2 Å². The van der Waals surface area contributed by atoms with Crippen LogP contribution < -0.4 is 25.0 Å². The molecule has 0 amide bonds. The second kappa shape index (κ2) is 10.9. The summed E-state index contributed by atoms with van der Waals surface area (Å²) in [5, 5.41) is 7.43. The number of benzene rings is 2. The summed E-state index contributed by atoms with van der Waals surface area (Å²) in [6.45, 7) is 4.94. The molecule has 2 aromatic carbocycles. The van der Waals surface area contributed by atoms with Gasteiger partial charge in [-0.25, -0.2) is 4.79 Å². The first kappa shape index (κ1) is 21.2. The lowest BCUT2D eigenvalue weighted by molar-refractivity contribution is 0.0728. The minimum Gasteiger partial charge on any atom is -0.497 e. The van der Waals surface area contributed by atoms with Crippen molar-refractivity contribution < 1.29 is 19.0 Å². The minimum absolute atomic E-state index is 0.330. The predicted molar refractivity (Wildman–Crippen MR) is 113 cm³/mol. The Morgan fingerprint density at radius 1 is 1.14 bits per heavy atom. The highest BCUT2D eigenvalue weighted by Gasteiger charge is 2.13. The highest BCUT2D eigenvalue weighted by molar-refractivity contribution is 7.80. The van der Waals surface area contributed by atoms with E-state index >= 15 is 0 Å². The molecule has 0 aliphatic rings. The number of carbonyl (C=O) groups excluding carboxylic acids is 1. The zero-order valence-electron chi connectivity index (χ0n) is 16.0. The number of hydrogen-bond acceptors (Lipinski definition) is 6. The molecule has 28 heavy (non-hydrogen) atoms. The van der Waals surface area contributed by atoms with Gasteiger partial charge in [-0.05, 0) is 74.1 Å². The molecule has 0 radical (unpaired) electrons. The number of rotatable bonds is 8. The van der Waals surface area contributed by atoms with Crippen LogP contribution in [0.3, 0.4) is 0 Å². The van der Waals surface area contributed by atoms with Crippen molar-refractivity contribution in [1.82, 2.24) is 10.7 Å². The van der Waals surface area contributed by atoms with Crippen LogP contribution in [-0.2, 0) is 0 Å². The van der Waals surface area contributed by atoms with E-state index in [4.69, 9.17) is 26.4 Å². The number of hydrazone groups is 1. The molecule has 0 saturated carbocycles. The zero-order chi connectivity index (χ0) is 20.4. The lowest BCUT2D eigenvalue weighted by atomic mass is 10.2. The van der Waals surface area contributed by atoms with Crippen LogP contribution in [0.25, 0.3) is 0 Å². The van der Waals surface area contributed by atoms with Crippen molar-refractivity contribution in [3.05, 3.63) is 53.6 Å². The summed E-state index contributed by atoms with van der Waals surface area (Å²) in [4.78, 5) is 12.4. The van der Waals surface area contributed by atoms with Gasteiger partial charge < -0.3 is 19.5 Å². The van der Waals surface area contributed by atoms with E-state index in [-0.39, 0.29) is 0 Å². The molecule has 0 aromatic heterocycles. The van der Waals surface area contributed by atoms with Crippen LogP contribution in [0.4, 0.5) is 0 Å². The molecule has 0 aliphatic heterocycles. The lowest BCUT2D eigenvalue weighted by Gasteiger charge is -2.11. The van der Waals surface area contributed by atoms with Crippen LogP contribution in [0, 0.1) is 0 Å². The van der Waals surface area contributed by atoms with Crippen LogP contribution in [0.2, 0.25) is 0 Å². The molecule has 2 aromatic rings. The van der Waals surface area contributed by atoms with Gasteiger partial charge in [-0.15, -0.1) is 0 Å². The van der Waals surface area contributed by atoms with Crippen molar-refractivity contribution in [1.29, 1.82) is 0 Å². The minimum atomic E-state index is -0.484. The van der Waals surface area contributed by atoms with Gasteiger partial charge in [0.25, 0.3) is 0 Å². The molecule has 0 heterocycles. The SMILES string of the molecule is CCNC(=S)N/N=C/c1ccc(OC(=O)c2ccc(OC)cc2)c(OCC)c1. The van der Waals surface area contributed by atoms with E-state index in [0.717, 1.165) is 5.56 Å². The molecule has 0 unspecified atom stereocenters. The smallest absolute Gasteiger partial charge is 0.343 e. The molecule has 0 fully saturated rings. The van der Waals surface area contributed by atoms with Gasteiger partial charge in [0, 0.05) is 6.54 Å². The van der Waals surface area contributed by atoms with Crippen molar-refractivity contribution in [2.45, 2.75) is 13.8 Å². The molecule has 7 nitrogen and oxygen atoms in total. The fraction of sp³-hybridized carbons (Fsp3) is 0.250. The maximum absolute atomic E-state index is 12.4. The van der Waals surface area contributed by atoms with Crippen LogP contribution in [0.15, 0.2) is 47.6 Å². The number of esters is 1. The van der Waals surface area contributed by atoms with E-state index in [1.54, 1.807) is 55.8 Å². The van der Waals surface area contributed by atoms with E-state index in [9.17, 15) is 4.79 Å². The number of nitrogens with one attached hydrogen (secondary N) is 2. The molecular formula is C20H23N3O4S. The summed E-state index contributed by atoms with van der Waals surface area (Å²) < 4.78 is 16.2. The van der Waals surface area contributed by atoms with E-state index in [2.05, 4.69) is 15.8 Å². The van der Waals surface area contributed by atoms with Gasteiger partial charge in [-0.3, -0.25) is 5.43 Å². The lowest BCUT2D eigenvalue weighted by Crippen LogP contribution is -2.31. The molecule has 8 heteroatoms. The quantitative estimate of drug-likeness (QED) is 0.231. The van der Waals surface area contributed by atoms with Gasteiger partial charge >= 0.3 is 5.97 Å². The fourth-order valence-electron chi connectivity index (χ4n) is 2.21. The molecule has 148 valence electrons. The number of thiocarbonyl (C=S) groups is 1. The Labute approximate surface area is 169 Å². The summed E-state index contributed by atoms with van der Waals surface area (Å²) in [7, 11) is 1.57. The number of hydrogen-bond donors (Lipinski definition) is 2. The normalized spacial score (nSPS) is 10.4. The van der Waals surface area contributed by atoms with Crippen LogP contribution in [-0.4, -0.2) is 37.6 Å². The zero-order valence-corrected chi connectivity index (χ0v) is 16.8. The number of carbonyl (C=O) groups is 1. The van der Waals surface area contributed by atoms with Crippen LogP contribution in [0.1, 0.15) is 29.8 Å². The molecule has 0 bridgehead atoms. The Morgan fingerprint density at radius 3 is 2.54 bits per heavy atom. The Balaban J connectivity index is 2.11. The Bertz CT molecular complexity index is 838. The highest BCUT2D eigenvalue weighted by atomic mass is 32.1. The summed E-state index contributed by atoms with van der Waals surface area (Å²) >= 11 is 5.04. The second-order valence-corrected chi connectivity index (χ2v) is 5.89. The summed E-state index contributed by atoms with van der Waals surface area (Å²) in [6.07, 6.45) is 1.60. The monoisotopic (exact) mass is 401 g/mol. The topological polar surface area (TPSA) is 81.2 Å². The summed E-state index contributed by atoms with van der Waals surface area (Å²) in [6, 6.07) is 11.8. The van der Waals surface area contributed by atoms with E-state index < -0.39 is 5.97 Å². The molecule has 0 atom stereocenters. The van der Waals surface area contributed by atoms with Gasteiger partial charge in [-0.2, -0.15) is 5.10 Å². The standard InChI is InChI=1S/C20H23N3O4S/c1-4-21-20(28)23-22-13-14-6-11-17(18(12-14)26-5-2)27-19(24)15-7-9-16(25-3)10-8-15/h6-13H,4-5H2,1-3H3,(H2,21,23,28)/b22-13+. The first-order valence-electron chi connectivity index (χ1n) is 8.77. The third kappa shape index (κ3) is 6.24. The third-order valence-electron chi connectivity index (χ3n) is 3.51. The molecular weight excluding hydrogens is 378 g/mol. The molecule has 2 N–H and O–H groups in total. The molecule has 2 rings (SSSR count). The van der Waals surface area contributed by atoms with E-state index in [1.165, 1.54) is 0 Å². The van der Waals surface area contributed by atoms with Crippen molar-refractivity contribution >= 4 is 29.5 Å².